The maximum absolute atomic E-state index is 11.5. The lowest BCUT2D eigenvalue weighted by atomic mass is 9.91. The molecule has 0 bridgehead atoms. The predicted octanol–water partition coefficient (Wildman–Crippen LogP) is 6.11. The van der Waals surface area contributed by atoms with Crippen LogP contribution < -0.4 is 0 Å². The van der Waals surface area contributed by atoms with Crippen molar-refractivity contribution in [1.82, 2.24) is 19.6 Å². The molecule has 0 fully saturated rings. The van der Waals surface area contributed by atoms with Crippen LogP contribution >= 0.6 is 0 Å². The zero-order chi connectivity index (χ0) is 41.5. The Hall–Kier alpha value is -2.28. The Kier molecular flexibility index (Phi) is 36.2. The molecule has 0 heterocycles. The third-order valence-corrected chi connectivity index (χ3v) is 8.43. The molecule has 0 aromatic heterocycles. The van der Waals surface area contributed by atoms with E-state index >= 15 is 0 Å². The van der Waals surface area contributed by atoms with Crippen molar-refractivity contribution in [2.75, 3.05) is 109 Å². The molecule has 12 nitrogen and oxygen atoms in total. The van der Waals surface area contributed by atoms with Crippen LogP contribution in [0.15, 0.2) is 0 Å². The molecule has 0 aliphatic rings. The summed E-state index contributed by atoms with van der Waals surface area (Å²) in [5.41, 5.74) is -0.676. The van der Waals surface area contributed by atoms with Crippen molar-refractivity contribution >= 4 is 23.9 Å². The van der Waals surface area contributed by atoms with E-state index in [1.807, 2.05) is 135 Å². The van der Waals surface area contributed by atoms with E-state index in [0.717, 1.165) is 64.7 Å². The molecule has 0 rings (SSSR count). The van der Waals surface area contributed by atoms with Crippen LogP contribution in [-0.2, 0) is 38.1 Å². The Balaban J connectivity index is -0.000000296. The monoisotopic (exact) mass is 749 g/mol. The average molecular weight is 749 g/mol. The second-order valence-corrected chi connectivity index (χ2v) is 15.6. The number of hydrogen-bond acceptors (Lipinski definition) is 12. The Labute approximate surface area is 320 Å². The van der Waals surface area contributed by atoms with E-state index < -0.39 is 0 Å². The van der Waals surface area contributed by atoms with Crippen LogP contribution in [0.3, 0.4) is 0 Å². The van der Waals surface area contributed by atoms with Crippen LogP contribution in [0.1, 0.15) is 108 Å². The summed E-state index contributed by atoms with van der Waals surface area (Å²) in [4.78, 5) is 53.4. The lowest BCUT2D eigenvalue weighted by Crippen LogP contribution is -2.28. The molecule has 2 atom stereocenters. The highest BCUT2D eigenvalue weighted by atomic mass is 16.5. The zero-order valence-electron chi connectivity index (χ0n) is 37.1. The summed E-state index contributed by atoms with van der Waals surface area (Å²) in [6, 6.07) is 0. The van der Waals surface area contributed by atoms with Crippen LogP contribution in [0.4, 0.5) is 0 Å². The molecule has 312 valence electrons. The van der Waals surface area contributed by atoms with E-state index in [0.29, 0.717) is 26.4 Å². The van der Waals surface area contributed by atoms with Crippen molar-refractivity contribution in [3.63, 3.8) is 0 Å². The Bertz CT molecular complexity index is 908. The average Bonchev–Trinajstić information content (AvgIpc) is 3.07. The van der Waals surface area contributed by atoms with Gasteiger partial charge in [-0.25, -0.2) is 0 Å². The first kappa shape index (κ1) is 56.5. The second kappa shape index (κ2) is 33.3. The first-order valence-electron chi connectivity index (χ1n) is 19.2. The number of likely N-dealkylation sites (N-methyl/N-ethyl adjacent to an activating group) is 2. The van der Waals surface area contributed by atoms with Gasteiger partial charge in [-0.15, -0.1) is 0 Å². The van der Waals surface area contributed by atoms with Gasteiger partial charge in [0.2, 0.25) is 0 Å². The van der Waals surface area contributed by atoms with Crippen LogP contribution in [0.5, 0.6) is 0 Å². The molecule has 0 saturated carbocycles. The minimum absolute atomic E-state index is 0.0344. The summed E-state index contributed by atoms with van der Waals surface area (Å²) < 4.78 is 20.4. The normalized spacial score (nSPS) is 12.4. The molecule has 0 aromatic rings. The largest absolute Gasteiger partial charge is 0.465 e. The van der Waals surface area contributed by atoms with E-state index in [1.165, 1.54) is 0 Å². The molecule has 0 radical (unpaired) electrons. The van der Waals surface area contributed by atoms with Crippen molar-refractivity contribution in [3.8, 4) is 0 Å². The predicted molar refractivity (Wildman–Crippen MR) is 214 cm³/mol. The van der Waals surface area contributed by atoms with Crippen molar-refractivity contribution in [3.05, 3.63) is 0 Å². The van der Waals surface area contributed by atoms with E-state index in [9.17, 15) is 19.2 Å². The minimum atomic E-state index is -0.341. The lowest BCUT2D eigenvalue weighted by molar-refractivity contribution is -0.155. The van der Waals surface area contributed by atoms with Gasteiger partial charge in [0, 0.05) is 26.2 Å². The summed E-state index contributed by atoms with van der Waals surface area (Å²) in [6.45, 7) is 25.0. The number of nitrogens with zero attached hydrogens (tertiary/aromatic N) is 4. The van der Waals surface area contributed by atoms with Gasteiger partial charge in [-0.3, -0.25) is 19.2 Å². The molecule has 0 aromatic carbocycles. The number of carbonyl (C=O) groups is 4. The van der Waals surface area contributed by atoms with Crippen LogP contribution in [0.25, 0.3) is 0 Å². The zero-order valence-corrected chi connectivity index (χ0v) is 37.1. The topological polar surface area (TPSA) is 118 Å². The molecule has 52 heavy (non-hydrogen) atoms. The number of ether oxygens (including phenoxy) is 4. The molecule has 0 spiro atoms. The summed E-state index contributed by atoms with van der Waals surface area (Å²) in [5, 5.41) is 0. The third-order valence-electron chi connectivity index (χ3n) is 8.43. The highest BCUT2D eigenvalue weighted by molar-refractivity contribution is 5.76. The summed E-state index contributed by atoms with van der Waals surface area (Å²) in [7, 11) is 15.9. The fraction of sp³-hybridized carbons (Fsp3) is 0.900. The van der Waals surface area contributed by atoms with Crippen molar-refractivity contribution in [1.29, 1.82) is 0 Å². The van der Waals surface area contributed by atoms with E-state index in [-0.39, 0.29) is 46.5 Å². The molecular formula is C40H84N4O8. The molecule has 0 N–H and O–H groups in total. The third kappa shape index (κ3) is 36.1. The summed E-state index contributed by atoms with van der Waals surface area (Å²) in [6.07, 6.45) is 5.15. The highest BCUT2D eigenvalue weighted by Crippen LogP contribution is 2.22. The maximum Gasteiger partial charge on any atom is 0.311 e. The Morgan fingerprint density at radius 1 is 0.462 bits per heavy atom. The Morgan fingerprint density at radius 3 is 1.02 bits per heavy atom. The van der Waals surface area contributed by atoms with Crippen molar-refractivity contribution in [2.24, 2.45) is 22.7 Å². The maximum atomic E-state index is 11.5. The van der Waals surface area contributed by atoms with Crippen LogP contribution in [0.2, 0.25) is 0 Å². The number of carbonyl (C=O) groups excluding carboxylic acids is 4. The molecule has 0 saturated heterocycles. The smallest absolute Gasteiger partial charge is 0.311 e. The molecule has 0 aliphatic carbocycles. The molecular weight excluding hydrogens is 664 g/mol. The van der Waals surface area contributed by atoms with Gasteiger partial charge in [-0.2, -0.15) is 0 Å². The van der Waals surface area contributed by atoms with Gasteiger partial charge in [-0.05, 0) is 123 Å². The van der Waals surface area contributed by atoms with Gasteiger partial charge in [0.15, 0.2) is 0 Å². The SMILES string of the molecule is CCC(C)(C)C(=O)OCCCN(C)C.CCC(C)(C)C(=O)OCCN(C)C.CCC(C)C(=O)OCCCN(C)C.CCC(C)C(=O)OCCN(C)C. The molecule has 0 amide bonds. The second-order valence-electron chi connectivity index (χ2n) is 15.6. The van der Waals surface area contributed by atoms with Crippen molar-refractivity contribution < 1.29 is 38.1 Å². The van der Waals surface area contributed by atoms with Gasteiger partial charge in [0.05, 0.1) is 35.9 Å². The number of hydrogen-bond donors (Lipinski definition) is 0. The highest BCUT2D eigenvalue weighted by Gasteiger charge is 2.27. The standard InChI is InChI=1S/C11H23NO2.2C10H21NO2.C9H19NO2/c1-6-11(2,3)10(13)14-9-7-8-12(4)5;1-6-10(2,3)9(12)13-8-7-11(4)5;1-5-9(2)10(12)13-8-6-7-11(3)4;1-5-8(2)9(11)12-7-6-10(3)4/h6-9H2,1-5H3;6-8H2,1-5H3;9H,5-8H2,1-4H3;8H,5-7H2,1-4H3. The molecule has 0 aliphatic heterocycles. The van der Waals surface area contributed by atoms with E-state index in [4.69, 9.17) is 18.9 Å². The van der Waals surface area contributed by atoms with E-state index in [2.05, 4.69) is 9.80 Å². The fourth-order valence-electron chi connectivity index (χ4n) is 3.05. The Morgan fingerprint density at radius 2 is 0.731 bits per heavy atom. The van der Waals surface area contributed by atoms with Crippen LogP contribution in [-0.4, -0.2) is 152 Å². The van der Waals surface area contributed by atoms with Gasteiger partial charge < -0.3 is 38.5 Å². The summed E-state index contributed by atoms with van der Waals surface area (Å²) >= 11 is 0. The van der Waals surface area contributed by atoms with E-state index in [1.54, 1.807) is 0 Å². The quantitative estimate of drug-likeness (QED) is 0.0723. The van der Waals surface area contributed by atoms with Crippen LogP contribution in [0, 0.1) is 22.7 Å². The first-order chi connectivity index (χ1) is 23.9. The minimum Gasteiger partial charge on any atom is -0.465 e. The number of esters is 4. The molecule has 12 heteroatoms. The fourth-order valence-corrected chi connectivity index (χ4v) is 3.05. The first-order valence-corrected chi connectivity index (χ1v) is 19.2. The number of rotatable bonds is 22. The van der Waals surface area contributed by atoms with Gasteiger partial charge in [-0.1, -0.05) is 41.5 Å². The lowest BCUT2D eigenvalue weighted by Gasteiger charge is -2.20. The molecule has 2 unspecified atom stereocenters. The van der Waals surface area contributed by atoms with Gasteiger partial charge in [0.1, 0.15) is 13.2 Å². The van der Waals surface area contributed by atoms with Gasteiger partial charge >= 0.3 is 23.9 Å². The van der Waals surface area contributed by atoms with Crippen molar-refractivity contribution in [2.45, 2.75) is 108 Å². The summed E-state index contributed by atoms with van der Waals surface area (Å²) in [5.74, 6) is -0.261. The van der Waals surface area contributed by atoms with Gasteiger partial charge in [0.25, 0.3) is 0 Å².